The molecule has 3 heterocycles. The molecule has 1 atom stereocenters. The lowest BCUT2D eigenvalue weighted by Crippen LogP contribution is -2.35. The molecule has 1 unspecified atom stereocenters. The predicted octanol–water partition coefficient (Wildman–Crippen LogP) is 5.56. The lowest BCUT2D eigenvalue weighted by atomic mass is 9.79. The molecule has 3 amide bonds. The second kappa shape index (κ2) is 12.2. The molecule has 1 spiro atoms. The van der Waals surface area contributed by atoms with Gasteiger partial charge in [0.25, 0.3) is 5.56 Å². The Kier molecular flexibility index (Phi) is 7.76. The fourth-order valence-electron chi connectivity index (χ4n) is 6.34. The topological polar surface area (TPSA) is 131 Å². The lowest BCUT2D eigenvalue weighted by molar-refractivity contribution is -0.120. The van der Waals surface area contributed by atoms with Gasteiger partial charge in [0.1, 0.15) is 36.3 Å². The van der Waals surface area contributed by atoms with Gasteiger partial charge in [-0.3, -0.25) is 24.3 Å². The van der Waals surface area contributed by atoms with Gasteiger partial charge in [-0.25, -0.2) is 18.6 Å². The first-order valence-electron chi connectivity index (χ1n) is 15.1. The highest BCUT2D eigenvalue weighted by molar-refractivity contribution is 6.06. The van der Waals surface area contributed by atoms with Crippen LogP contribution in [-0.2, 0) is 45.7 Å². The molecule has 2 aliphatic rings. The quantitative estimate of drug-likeness (QED) is 0.212. The summed E-state index contributed by atoms with van der Waals surface area (Å²) in [6, 6.07) is 23.4. The normalized spacial score (nSPS) is 15.8. The summed E-state index contributed by atoms with van der Waals surface area (Å²) in [6.07, 6.45) is 1.62. The number of carbonyl (C=O) groups is 3. The maximum atomic E-state index is 14.2. The summed E-state index contributed by atoms with van der Waals surface area (Å²) >= 11 is 0. The number of rotatable bonds is 7. The van der Waals surface area contributed by atoms with Crippen LogP contribution in [0.25, 0.3) is 11.3 Å². The Morgan fingerprint density at radius 3 is 2.44 bits per heavy atom. The number of benzene rings is 3. The third kappa shape index (κ3) is 5.79. The molecule has 3 N–H and O–H groups in total. The number of pyridine rings is 2. The van der Waals surface area contributed by atoms with Crippen molar-refractivity contribution in [1.82, 2.24) is 9.55 Å². The summed E-state index contributed by atoms with van der Waals surface area (Å²) in [5.41, 5.74) is 2.13. The lowest BCUT2D eigenvalue weighted by Gasteiger charge is -2.20. The van der Waals surface area contributed by atoms with Crippen molar-refractivity contribution in [2.24, 2.45) is 0 Å². The number of ether oxygens (including phenoxy) is 1. The van der Waals surface area contributed by atoms with Gasteiger partial charge in [-0.05, 0) is 72.0 Å². The van der Waals surface area contributed by atoms with Crippen LogP contribution in [0.3, 0.4) is 0 Å². The van der Waals surface area contributed by atoms with Crippen molar-refractivity contribution >= 4 is 35.1 Å². The molecule has 1 aliphatic heterocycles. The van der Waals surface area contributed by atoms with Crippen LogP contribution in [0.4, 0.5) is 30.8 Å². The minimum atomic E-state index is -0.901. The average molecular weight is 648 g/mol. The molecular weight excluding hydrogens is 620 g/mol. The standard InChI is InChI=1S/C36H27F2N5O5/c37-25-13-23(14-26(38)16-25)30-11-10-29(41-35(47)48-20-21-5-2-1-3-6-21)33(45)43(30)19-31(44)40-27-9-8-22-17-36(18-24(22)15-27)28-7-4-12-39-32(28)42-34(36)46/h1-16H,17-20H2,(H,40,44)(H,41,47)(H,39,42,46). The number of nitrogens with one attached hydrogen (secondary N) is 3. The number of fused-ring (bicyclic) bond motifs is 3. The van der Waals surface area contributed by atoms with Gasteiger partial charge in [-0.1, -0.05) is 42.5 Å². The summed E-state index contributed by atoms with van der Waals surface area (Å²) < 4.78 is 34.6. The number of anilines is 3. The third-order valence-electron chi connectivity index (χ3n) is 8.55. The van der Waals surface area contributed by atoms with Crippen molar-refractivity contribution < 1.29 is 27.9 Å². The Hall–Kier alpha value is -6.17. The van der Waals surface area contributed by atoms with Gasteiger partial charge in [0.2, 0.25) is 11.8 Å². The molecule has 0 fully saturated rings. The number of hydrogen-bond donors (Lipinski definition) is 3. The fraction of sp³-hybridized carbons (Fsp3) is 0.139. The van der Waals surface area contributed by atoms with E-state index in [0.717, 1.165) is 39.0 Å². The summed E-state index contributed by atoms with van der Waals surface area (Å²) in [7, 11) is 0. The summed E-state index contributed by atoms with van der Waals surface area (Å²) in [5, 5.41) is 8.05. The molecule has 0 saturated carbocycles. The second-order valence-electron chi connectivity index (χ2n) is 11.7. The van der Waals surface area contributed by atoms with Crippen LogP contribution >= 0.6 is 0 Å². The first-order valence-corrected chi connectivity index (χ1v) is 15.1. The highest BCUT2D eigenvalue weighted by Crippen LogP contribution is 2.47. The molecule has 5 aromatic rings. The smallest absolute Gasteiger partial charge is 0.412 e. The maximum absolute atomic E-state index is 14.2. The molecule has 10 nitrogen and oxygen atoms in total. The number of nitrogens with zero attached hydrogens (tertiary/aromatic N) is 2. The largest absolute Gasteiger partial charge is 0.444 e. The van der Waals surface area contributed by atoms with E-state index in [1.54, 1.807) is 48.7 Å². The molecule has 0 saturated heterocycles. The van der Waals surface area contributed by atoms with Crippen LogP contribution in [0.5, 0.6) is 0 Å². The summed E-state index contributed by atoms with van der Waals surface area (Å²) in [4.78, 5) is 57.0. The first-order chi connectivity index (χ1) is 23.2. The van der Waals surface area contributed by atoms with E-state index in [1.807, 2.05) is 18.2 Å². The highest BCUT2D eigenvalue weighted by Gasteiger charge is 2.51. The molecular formula is C36H27F2N5O5. The minimum Gasteiger partial charge on any atom is -0.444 e. The van der Waals surface area contributed by atoms with E-state index in [2.05, 4.69) is 20.9 Å². The van der Waals surface area contributed by atoms with Crippen LogP contribution in [0, 0.1) is 11.6 Å². The predicted molar refractivity (Wildman–Crippen MR) is 173 cm³/mol. The van der Waals surface area contributed by atoms with E-state index in [4.69, 9.17) is 4.74 Å². The molecule has 48 heavy (non-hydrogen) atoms. The Balaban J connectivity index is 1.13. The van der Waals surface area contributed by atoms with Crippen molar-refractivity contribution in [2.75, 3.05) is 16.0 Å². The van der Waals surface area contributed by atoms with E-state index in [-0.39, 0.29) is 29.5 Å². The van der Waals surface area contributed by atoms with Crippen LogP contribution in [0.15, 0.2) is 102 Å². The van der Waals surface area contributed by atoms with Gasteiger partial charge in [-0.15, -0.1) is 0 Å². The van der Waals surface area contributed by atoms with Gasteiger partial charge >= 0.3 is 6.09 Å². The molecule has 2 aromatic heterocycles. The van der Waals surface area contributed by atoms with E-state index in [0.29, 0.717) is 30.4 Å². The molecule has 0 radical (unpaired) electrons. The Labute approximate surface area is 272 Å². The monoisotopic (exact) mass is 647 g/mol. The van der Waals surface area contributed by atoms with Crippen LogP contribution < -0.4 is 21.5 Å². The Morgan fingerprint density at radius 2 is 1.65 bits per heavy atom. The van der Waals surface area contributed by atoms with Gasteiger partial charge in [0.05, 0.1) is 11.1 Å². The summed E-state index contributed by atoms with van der Waals surface area (Å²) in [6.45, 7) is -0.594. The van der Waals surface area contributed by atoms with E-state index in [9.17, 15) is 28.0 Å². The number of hydrogen-bond acceptors (Lipinski definition) is 6. The van der Waals surface area contributed by atoms with E-state index < -0.39 is 41.2 Å². The van der Waals surface area contributed by atoms with Crippen molar-refractivity contribution in [3.63, 3.8) is 0 Å². The SMILES string of the molecule is O=C(Cn1c(-c2cc(F)cc(F)c2)ccc(NC(=O)OCc2ccccc2)c1=O)Nc1ccc2c(c1)CC1(C2)C(=O)Nc2ncccc21. The van der Waals surface area contributed by atoms with Gasteiger partial charge < -0.3 is 15.4 Å². The van der Waals surface area contributed by atoms with Crippen molar-refractivity contribution in [3.8, 4) is 11.3 Å². The van der Waals surface area contributed by atoms with Crippen LogP contribution in [-0.4, -0.2) is 27.5 Å². The van der Waals surface area contributed by atoms with Crippen LogP contribution in [0.2, 0.25) is 0 Å². The second-order valence-corrected chi connectivity index (χ2v) is 11.7. The maximum Gasteiger partial charge on any atom is 0.412 e. The molecule has 240 valence electrons. The fourth-order valence-corrected chi connectivity index (χ4v) is 6.34. The van der Waals surface area contributed by atoms with Crippen molar-refractivity contribution in [1.29, 1.82) is 0 Å². The average Bonchev–Trinajstić information content (AvgIpc) is 3.58. The summed E-state index contributed by atoms with van der Waals surface area (Å²) in [5.74, 6) is -1.93. The number of amides is 3. The van der Waals surface area contributed by atoms with E-state index in [1.165, 1.54) is 12.1 Å². The van der Waals surface area contributed by atoms with E-state index >= 15 is 0 Å². The van der Waals surface area contributed by atoms with Gasteiger partial charge in [0, 0.05) is 29.1 Å². The van der Waals surface area contributed by atoms with Crippen molar-refractivity contribution in [2.45, 2.75) is 31.4 Å². The molecule has 7 rings (SSSR count). The van der Waals surface area contributed by atoms with Crippen LogP contribution in [0.1, 0.15) is 22.3 Å². The zero-order chi connectivity index (χ0) is 33.4. The molecule has 0 bridgehead atoms. The molecule has 3 aromatic carbocycles. The Morgan fingerprint density at radius 1 is 0.875 bits per heavy atom. The zero-order valence-corrected chi connectivity index (χ0v) is 25.3. The first kappa shape index (κ1) is 30.5. The zero-order valence-electron chi connectivity index (χ0n) is 25.3. The van der Waals surface area contributed by atoms with Crippen molar-refractivity contribution in [3.05, 3.63) is 141 Å². The Bertz CT molecular complexity index is 2150. The highest BCUT2D eigenvalue weighted by atomic mass is 19.1. The van der Waals surface area contributed by atoms with Gasteiger partial charge in [-0.2, -0.15) is 0 Å². The van der Waals surface area contributed by atoms with Gasteiger partial charge in [0.15, 0.2) is 0 Å². The number of halogens is 2. The molecule has 1 aliphatic carbocycles. The molecule has 12 heteroatoms. The number of aromatic nitrogens is 2. The third-order valence-corrected chi connectivity index (χ3v) is 8.55. The number of carbonyl (C=O) groups excluding carboxylic acids is 3. The minimum absolute atomic E-state index is 0.0167.